The molecule has 0 aliphatic carbocycles. The molecule has 3 aromatic rings. The summed E-state index contributed by atoms with van der Waals surface area (Å²) in [5.74, 6) is 0.0639. The number of amides is 3. The lowest BCUT2D eigenvalue weighted by Gasteiger charge is -2.42. The number of anilines is 1. The Balaban J connectivity index is 1.64. The van der Waals surface area contributed by atoms with Crippen LogP contribution in [0.25, 0.3) is 0 Å². The summed E-state index contributed by atoms with van der Waals surface area (Å²) >= 11 is 5.97. The average Bonchev–Trinajstić information content (AvgIpc) is 2.93. The highest BCUT2D eigenvalue weighted by Crippen LogP contribution is 2.31. The Morgan fingerprint density at radius 2 is 1.79 bits per heavy atom. The van der Waals surface area contributed by atoms with Crippen molar-refractivity contribution in [3.05, 3.63) is 95.0 Å². The molecule has 1 saturated heterocycles. The van der Waals surface area contributed by atoms with Gasteiger partial charge in [-0.2, -0.15) is 9.48 Å². The van der Waals surface area contributed by atoms with Crippen molar-refractivity contribution in [2.75, 3.05) is 25.0 Å². The summed E-state index contributed by atoms with van der Waals surface area (Å²) in [4.78, 5) is 30.6. The highest BCUT2D eigenvalue weighted by atomic mass is 35.5. The lowest BCUT2D eigenvalue weighted by Crippen LogP contribution is -2.64. The van der Waals surface area contributed by atoms with E-state index in [4.69, 9.17) is 22.4 Å². The van der Waals surface area contributed by atoms with E-state index in [9.17, 15) is 14.9 Å². The minimum absolute atomic E-state index is 0.0418. The second-order valence-corrected chi connectivity index (χ2v) is 9.22. The van der Waals surface area contributed by atoms with Gasteiger partial charge in [-0.3, -0.25) is 0 Å². The number of guanidine groups is 1. The van der Waals surface area contributed by atoms with Crippen molar-refractivity contribution in [1.82, 2.24) is 10.2 Å². The predicted octanol–water partition coefficient (Wildman–Crippen LogP) is 4.64. The molecule has 2 atom stereocenters. The molecule has 0 aromatic heterocycles. The number of aliphatic imine (C=N–C) groups is 1. The number of piperazine rings is 1. The van der Waals surface area contributed by atoms with Gasteiger partial charge >= 0.3 is 24.3 Å². The summed E-state index contributed by atoms with van der Waals surface area (Å²) < 4.78 is -0.301. The number of nitrogens with two attached hydrogens (primary N) is 1. The second kappa shape index (κ2) is 11.6. The van der Waals surface area contributed by atoms with Crippen LogP contribution in [-0.4, -0.2) is 52.2 Å². The van der Waals surface area contributed by atoms with Crippen LogP contribution in [0, 0.1) is 11.5 Å². The molecule has 1 aliphatic rings. The zero-order valence-corrected chi connectivity index (χ0v) is 21.2. The molecule has 0 saturated carbocycles. The fourth-order valence-electron chi connectivity index (χ4n) is 4.36. The van der Waals surface area contributed by atoms with Gasteiger partial charge in [-0.25, -0.2) is 9.59 Å². The number of hydrogen-bond donors (Lipinski definition) is 4. The van der Waals surface area contributed by atoms with Crippen LogP contribution in [0.1, 0.15) is 17.2 Å². The number of nitrogens with one attached hydrogen (secondary N) is 2. The topological polar surface area (TPSA) is 144 Å². The van der Waals surface area contributed by atoms with Crippen LogP contribution < -0.4 is 16.4 Å². The summed E-state index contributed by atoms with van der Waals surface area (Å²) in [7, 11) is 0. The molecular formula is C27H27ClN7O3+. The van der Waals surface area contributed by atoms with Gasteiger partial charge in [0.1, 0.15) is 19.1 Å². The number of urea groups is 1. The highest BCUT2D eigenvalue weighted by Gasteiger charge is 2.46. The number of benzene rings is 3. The van der Waals surface area contributed by atoms with Crippen LogP contribution in [0.3, 0.4) is 0 Å². The van der Waals surface area contributed by atoms with Gasteiger partial charge in [0.2, 0.25) is 0 Å². The Morgan fingerprint density at radius 1 is 1.11 bits per heavy atom. The summed E-state index contributed by atoms with van der Waals surface area (Å²) in [5, 5.41) is 25.1. The number of nitrogens with zero attached hydrogens (tertiary/aromatic N) is 4. The van der Waals surface area contributed by atoms with Crippen molar-refractivity contribution < 1.29 is 19.2 Å². The Hall–Kier alpha value is -4.59. The van der Waals surface area contributed by atoms with Gasteiger partial charge in [0.15, 0.2) is 0 Å². The van der Waals surface area contributed by atoms with Gasteiger partial charge in [-0.1, -0.05) is 60.1 Å². The lowest BCUT2D eigenvalue weighted by atomic mass is 10.0. The van der Waals surface area contributed by atoms with Gasteiger partial charge < -0.3 is 26.4 Å². The summed E-state index contributed by atoms with van der Waals surface area (Å²) in [6.07, 6.45) is 1.16. The molecule has 1 heterocycles. The van der Waals surface area contributed by atoms with Crippen LogP contribution in [-0.2, 0) is 6.54 Å². The lowest BCUT2D eigenvalue weighted by molar-refractivity contribution is -0.785. The largest absolute Gasteiger partial charge is 0.465 e. The van der Waals surface area contributed by atoms with Gasteiger partial charge in [0.05, 0.1) is 12.2 Å². The molecule has 3 aromatic carbocycles. The van der Waals surface area contributed by atoms with Crippen LogP contribution >= 0.6 is 11.6 Å². The monoisotopic (exact) mass is 532 g/mol. The molecule has 1 fully saturated rings. The Labute approximate surface area is 225 Å². The number of quaternary nitrogens is 1. The van der Waals surface area contributed by atoms with E-state index in [0.29, 0.717) is 22.0 Å². The highest BCUT2D eigenvalue weighted by molar-refractivity contribution is 6.30. The number of hydrogen-bond acceptors (Lipinski definition) is 4. The van der Waals surface area contributed by atoms with Gasteiger partial charge in [-0.05, 0) is 41.5 Å². The molecule has 0 bridgehead atoms. The molecule has 5 N–H and O–H groups in total. The SMILES string of the molecule is N#C[N+]1(C(N)=Nc2ccccc2CNC(=O)O)CCN(C(=O)Nc2ccc(Cl)cc2)C(c2ccccc2)C1. The number of para-hydroxylation sites is 1. The molecule has 11 heteroatoms. The average molecular weight is 533 g/mol. The standard InChI is InChI=1S/C27H26ClN7O3/c28-21-10-12-22(13-11-21)32-26(36)34-14-15-35(18-29,17-24(34)19-6-2-1-3-7-19)25(30)33-23-9-5-4-8-20(23)16-31-27(37)38/h1-13,24,31H,14-17H2,(H3-,30,32,33,36,37,38)/p+1. The first-order chi connectivity index (χ1) is 18.3. The van der Waals surface area contributed by atoms with E-state index < -0.39 is 12.1 Å². The quantitative estimate of drug-likeness (QED) is 0.164. The van der Waals surface area contributed by atoms with E-state index in [2.05, 4.69) is 21.8 Å². The Morgan fingerprint density at radius 3 is 2.47 bits per heavy atom. The molecule has 38 heavy (non-hydrogen) atoms. The van der Waals surface area contributed by atoms with Gasteiger partial charge in [-0.15, -0.1) is 5.26 Å². The first kappa shape index (κ1) is 26.5. The second-order valence-electron chi connectivity index (χ2n) is 8.79. The zero-order chi connectivity index (χ0) is 27.1. The number of carbonyl (C=O) groups is 2. The number of carboxylic acid groups (broad SMARTS) is 1. The first-order valence-electron chi connectivity index (χ1n) is 11.9. The maximum atomic E-state index is 13.3. The minimum atomic E-state index is -1.16. The van der Waals surface area contributed by atoms with Crippen molar-refractivity contribution in [3.63, 3.8) is 0 Å². The third-order valence-corrected chi connectivity index (χ3v) is 6.66. The van der Waals surface area contributed by atoms with Gasteiger partial charge in [0.25, 0.3) is 0 Å². The van der Waals surface area contributed by atoms with E-state index in [1.54, 1.807) is 53.4 Å². The predicted molar refractivity (Wildman–Crippen MR) is 145 cm³/mol. The smallest absolute Gasteiger partial charge is 0.404 e. The molecule has 10 nitrogen and oxygen atoms in total. The van der Waals surface area contributed by atoms with Crippen LogP contribution in [0.5, 0.6) is 0 Å². The minimum Gasteiger partial charge on any atom is -0.465 e. The molecule has 1 aliphatic heterocycles. The third kappa shape index (κ3) is 6.03. The molecule has 0 radical (unpaired) electrons. The van der Waals surface area contributed by atoms with E-state index in [0.717, 1.165) is 5.56 Å². The normalized spacial score (nSPS) is 19.3. The third-order valence-electron chi connectivity index (χ3n) is 6.41. The van der Waals surface area contributed by atoms with E-state index in [-0.39, 0.29) is 42.7 Å². The number of nitriles is 1. The summed E-state index contributed by atoms with van der Waals surface area (Å²) in [5.41, 5.74) is 9.02. The summed E-state index contributed by atoms with van der Waals surface area (Å²) in [6.45, 7) is 0.684. The van der Waals surface area contributed by atoms with Crippen molar-refractivity contribution in [1.29, 1.82) is 5.26 Å². The maximum Gasteiger partial charge on any atom is 0.404 e. The van der Waals surface area contributed by atoms with Crippen LogP contribution in [0.2, 0.25) is 5.02 Å². The summed E-state index contributed by atoms with van der Waals surface area (Å²) in [6, 6.07) is 22.5. The van der Waals surface area contributed by atoms with E-state index >= 15 is 0 Å². The fraction of sp³-hybridized carbons (Fsp3) is 0.185. The molecule has 0 spiro atoms. The number of rotatable bonds is 5. The van der Waals surface area contributed by atoms with Crippen molar-refractivity contribution in [2.24, 2.45) is 10.7 Å². The first-order valence-corrected chi connectivity index (χ1v) is 12.2. The molecule has 194 valence electrons. The molecule has 2 unspecified atom stereocenters. The number of carbonyl (C=O) groups excluding carboxylic acids is 1. The number of halogens is 1. The molecule has 4 rings (SSSR count). The van der Waals surface area contributed by atoms with Crippen LogP contribution in [0.4, 0.5) is 21.0 Å². The van der Waals surface area contributed by atoms with Gasteiger partial charge in [0, 0.05) is 17.3 Å². The zero-order valence-electron chi connectivity index (χ0n) is 20.4. The van der Waals surface area contributed by atoms with Crippen molar-refractivity contribution in [3.8, 4) is 6.19 Å². The van der Waals surface area contributed by atoms with Crippen molar-refractivity contribution in [2.45, 2.75) is 12.6 Å². The molecule has 3 amide bonds. The van der Waals surface area contributed by atoms with Crippen LogP contribution in [0.15, 0.2) is 83.9 Å². The maximum absolute atomic E-state index is 13.3. The Bertz CT molecular complexity index is 1380. The molecular weight excluding hydrogens is 506 g/mol. The van der Waals surface area contributed by atoms with E-state index in [1.807, 2.05) is 30.3 Å². The Kier molecular flexibility index (Phi) is 8.11. The fourth-order valence-corrected chi connectivity index (χ4v) is 4.49. The van der Waals surface area contributed by atoms with Crippen molar-refractivity contribution >= 4 is 41.1 Å². The van der Waals surface area contributed by atoms with E-state index in [1.165, 1.54) is 0 Å².